The summed E-state index contributed by atoms with van der Waals surface area (Å²) in [5.41, 5.74) is 7.81. The Morgan fingerprint density at radius 2 is 1.88 bits per heavy atom. The van der Waals surface area contributed by atoms with Crippen LogP contribution in [0.15, 0.2) is 65.9 Å². The highest BCUT2D eigenvalue weighted by molar-refractivity contribution is 5.98. The number of hydrazone groups is 1. The van der Waals surface area contributed by atoms with Crippen molar-refractivity contribution < 1.29 is 4.74 Å². The molecular formula is C21H18N4O. The molecule has 0 saturated carbocycles. The largest absolute Gasteiger partial charge is 0.497 e. The number of benzene rings is 2. The summed E-state index contributed by atoms with van der Waals surface area (Å²) in [6, 6.07) is 17.8. The number of hydrogen-bond acceptors (Lipinski definition) is 5. The van der Waals surface area contributed by atoms with Crippen LogP contribution in [0.1, 0.15) is 11.3 Å². The third kappa shape index (κ3) is 3.07. The molecule has 1 N–H and O–H groups in total. The van der Waals surface area contributed by atoms with Crippen LogP contribution in [0.5, 0.6) is 5.75 Å². The Bertz CT molecular complexity index is 1120. The van der Waals surface area contributed by atoms with Crippen LogP contribution in [-0.4, -0.2) is 23.3 Å². The van der Waals surface area contributed by atoms with Crippen molar-refractivity contribution in [2.75, 3.05) is 12.5 Å². The van der Waals surface area contributed by atoms with E-state index in [1.165, 1.54) is 0 Å². The van der Waals surface area contributed by atoms with Crippen LogP contribution < -0.4 is 10.2 Å². The van der Waals surface area contributed by atoms with Crippen molar-refractivity contribution in [1.82, 2.24) is 9.97 Å². The fourth-order valence-electron chi connectivity index (χ4n) is 2.96. The molecule has 5 nitrogen and oxygen atoms in total. The second-order valence-corrected chi connectivity index (χ2v) is 5.98. The van der Waals surface area contributed by atoms with Crippen LogP contribution in [0.3, 0.4) is 0 Å². The molecule has 2 heterocycles. The zero-order chi connectivity index (χ0) is 17.9. The highest BCUT2D eigenvalue weighted by atomic mass is 16.5. The number of nitrogens with zero attached hydrogens (tertiary/aromatic N) is 3. The molecule has 128 valence electrons. The molecule has 0 fully saturated rings. The summed E-state index contributed by atoms with van der Waals surface area (Å²) in [4.78, 5) is 8.95. The van der Waals surface area contributed by atoms with Crippen molar-refractivity contribution in [2.24, 2.45) is 5.10 Å². The number of anilines is 1. The fourth-order valence-corrected chi connectivity index (χ4v) is 2.96. The zero-order valence-corrected chi connectivity index (χ0v) is 14.6. The molecule has 0 radical (unpaired) electrons. The normalized spacial score (nSPS) is 11.3. The predicted octanol–water partition coefficient (Wildman–Crippen LogP) is 4.55. The molecule has 2 aromatic heterocycles. The van der Waals surface area contributed by atoms with Crippen LogP contribution in [0.4, 0.5) is 5.69 Å². The van der Waals surface area contributed by atoms with Gasteiger partial charge in [0.2, 0.25) is 0 Å². The summed E-state index contributed by atoms with van der Waals surface area (Å²) in [6.07, 6.45) is 3.61. The minimum Gasteiger partial charge on any atom is -0.497 e. The SMILES string of the molecule is COc1ccc2c(N/N=C/c3ccnc4ccccc34)cc(C)nc2c1. The fraction of sp³-hybridized carbons (Fsp3) is 0.0952. The first-order valence-corrected chi connectivity index (χ1v) is 8.33. The highest BCUT2D eigenvalue weighted by Crippen LogP contribution is 2.26. The second-order valence-electron chi connectivity index (χ2n) is 5.98. The van der Waals surface area contributed by atoms with Crippen molar-refractivity contribution in [3.63, 3.8) is 0 Å². The molecule has 0 saturated heterocycles. The molecule has 0 unspecified atom stereocenters. The van der Waals surface area contributed by atoms with E-state index in [0.29, 0.717) is 0 Å². The van der Waals surface area contributed by atoms with Gasteiger partial charge in [-0.1, -0.05) is 18.2 Å². The topological polar surface area (TPSA) is 59.4 Å². The van der Waals surface area contributed by atoms with E-state index in [2.05, 4.69) is 20.5 Å². The quantitative estimate of drug-likeness (QED) is 0.437. The van der Waals surface area contributed by atoms with E-state index in [1.807, 2.05) is 67.7 Å². The summed E-state index contributed by atoms with van der Waals surface area (Å²) >= 11 is 0. The number of aromatic nitrogens is 2. The maximum atomic E-state index is 5.29. The molecular weight excluding hydrogens is 324 g/mol. The number of para-hydroxylation sites is 1. The van der Waals surface area contributed by atoms with E-state index in [9.17, 15) is 0 Å². The third-order valence-corrected chi connectivity index (χ3v) is 4.22. The van der Waals surface area contributed by atoms with Gasteiger partial charge in [0, 0.05) is 34.3 Å². The van der Waals surface area contributed by atoms with Crippen molar-refractivity contribution in [1.29, 1.82) is 0 Å². The number of pyridine rings is 2. The van der Waals surface area contributed by atoms with E-state index < -0.39 is 0 Å². The lowest BCUT2D eigenvalue weighted by atomic mass is 10.1. The van der Waals surface area contributed by atoms with Crippen molar-refractivity contribution in [3.8, 4) is 5.75 Å². The molecule has 5 heteroatoms. The van der Waals surface area contributed by atoms with Crippen molar-refractivity contribution in [3.05, 3.63) is 72.1 Å². The Morgan fingerprint density at radius 1 is 1.00 bits per heavy atom. The molecule has 4 aromatic rings. The molecule has 0 aliphatic rings. The van der Waals surface area contributed by atoms with Gasteiger partial charge in [-0.15, -0.1) is 0 Å². The molecule has 26 heavy (non-hydrogen) atoms. The third-order valence-electron chi connectivity index (χ3n) is 4.22. The smallest absolute Gasteiger partial charge is 0.121 e. The van der Waals surface area contributed by atoms with Crippen molar-refractivity contribution >= 4 is 33.7 Å². The Balaban J connectivity index is 1.68. The van der Waals surface area contributed by atoms with Gasteiger partial charge in [-0.3, -0.25) is 15.4 Å². The van der Waals surface area contributed by atoms with Gasteiger partial charge < -0.3 is 4.74 Å². The van der Waals surface area contributed by atoms with Gasteiger partial charge in [-0.2, -0.15) is 5.10 Å². The Hall–Kier alpha value is -3.47. The number of rotatable bonds is 4. The minimum atomic E-state index is 0.785. The average molecular weight is 342 g/mol. The Labute approximate surface area is 151 Å². The van der Waals surface area contributed by atoms with Gasteiger partial charge in [-0.05, 0) is 37.3 Å². The molecule has 0 spiro atoms. The maximum Gasteiger partial charge on any atom is 0.121 e. The number of fused-ring (bicyclic) bond motifs is 2. The van der Waals surface area contributed by atoms with Gasteiger partial charge in [0.1, 0.15) is 5.75 Å². The lowest BCUT2D eigenvalue weighted by Crippen LogP contribution is -1.96. The first-order chi connectivity index (χ1) is 12.7. The van der Waals surface area contributed by atoms with Crippen LogP contribution in [0.2, 0.25) is 0 Å². The van der Waals surface area contributed by atoms with E-state index in [-0.39, 0.29) is 0 Å². The van der Waals surface area contributed by atoms with Crippen LogP contribution in [0, 0.1) is 6.92 Å². The van der Waals surface area contributed by atoms with Crippen LogP contribution in [0.25, 0.3) is 21.8 Å². The summed E-state index contributed by atoms with van der Waals surface area (Å²) in [5, 5.41) is 6.50. The number of methoxy groups -OCH3 is 1. The Kier molecular flexibility index (Phi) is 4.19. The molecule has 4 rings (SSSR count). The predicted molar refractivity (Wildman–Crippen MR) is 106 cm³/mol. The van der Waals surface area contributed by atoms with Gasteiger partial charge >= 0.3 is 0 Å². The standard InChI is InChI=1S/C21H18N4O/c1-14-11-21(18-8-7-16(26-2)12-20(18)24-14)25-23-13-15-9-10-22-19-6-4-3-5-17(15)19/h3-13H,1-2H3,(H,24,25)/b23-13+. The molecule has 2 aromatic carbocycles. The Morgan fingerprint density at radius 3 is 2.77 bits per heavy atom. The average Bonchev–Trinajstić information content (AvgIpc) is 2.67. The monoisotopic (exact) mass is 342 g/mol. The van der Waals surface area contributed by atoms with E-state index in [4.69, 9.17) is 4.74 Å². The molecule has 0 aliphatic heterocycles. The van der Waals surface area contributed by atoms with Crippen molar-refractivity contribution in [2.45, 2.75) is 6.92 Å². The zero-order valence-electron chi connectivity index (χ0n) is 14.6. The minimum absolute atomic E-state index is 0.785. The van der Waals surface area contributed by atoms with Gasteiger partial charge in [0.25, 0.3) is 0 Å². The molecule has 0 atom stereocenters. The number of nitrogens with one attached hydrogen (secondary N) is 1. The van der Waals surface area contributed by atoms with E-state index in [0.717, 1.165) is 44.5 Å². The highest BCUT2D eigenvalue weighted by Gasteiger charge is 2.05. The van der Waals surface area contributed by atoms with Crippen LogP contribution >= 0.6 is 0 Å². The number of ether oxygens (including phenoxy) is 1. The van der Waals surface area contributed by atoms with E-state index in [1.54, 1.807) is 13.3 Å². The van der Waals surface area contributed by atoms with Gasteiger partial charge in [0.15, 0.2) is 0 Å². The first kappa shape index (κ1) is 16.0. The summed E-state index contributed by atoms with van der Waals surface area (Å²) in [6.45, 7) is 1.96. The molecule has 0 aliphatic carbocycles. The van der Waals surface area contributed by atoms with Gasteiger partial charge in [-0.25, -0.2) is 0 Å². The van der Waals surface area contributed by atoms with Gasteiger partial charge in [0.05, 0.1) is 30.0 Å². The van der Waals surface area contributed by atoms with Crippen LogP contribution in [-0.2, 0) is 0 Å². The number of hydrogen-bond donors (Lipinski definition) is 1. The van der Waals surface area contributed by atoms with E-state index >= 15 is 0 Å². The first-order valence-electron chi connectivity index (χ1n) is 8.33. The number of aryl methyl sites for hydroxylation is 1. The lowest BCUT2D eigenvalue weighted by molar-refractivity contribution is 0.415. The summed E-state index contributed by atoms with van der Waals surface area (Å²) in [7, 11) is 1.65. The summed E-state index contributed by atoms with van der Waals surface area (Å²) < 4.78 is 5.29. The lowest BCUT2D eigenvalue weighted by Gasteiger charge is -2.08. The second kappa shape index (κ2) is 6.80. The molecule has 0 amide bonds. The summed E-state index contributed by atoms with van der Waals surface area (Å²) in [5.74, 6) is 0.785. The molecule has 0 bridgehead atoms. The maximum absolute atomic E-state index is 5.29.